The first kappa shape index (κ1) is 14.1. The molecule has 0 fully saturated rings. The van der Waals surface area contributed by atoms with Crippen LogP contribution in [-0.4, -0.2) is 29.0 Å². The third kappa shape index (κ3) is 3.35. The number of esters is 1. The van der Waals surface area contributed by atoms with Gasteiger partial charge >= 0.3 is 5.97 Å². The number of carbonyl (C=O) groups excluding carboxylic acids is 2. The Morgan fingerprint density at radius 3 is 3.00 bits per heavy atom. The van der Waals surface area contributed by atoms with Gasteiger partial charge in [-0.1, -0.05) is 0 Å². The highest BCUT2D eigenvalue weighted by Gasteiger charge is 2.14. The van der Waals surface area contributed by atoms with Gasteiger partial charge in [-0.2, -0.15) is 4.39 Å². The SMILES string of the molecule is COC(=O)Cc1csc(NC(=O)c2cccnc2F)n1. The summed E-state index contributed by atoms with van der Waals surface area (Å²) in [5.74, 6) is -1.92. The van der Waals surface area contributed by atoms with Crippen LogP contribution in [0.3, 0.4) is 0 Å². The summed E-state index contributed by atoms with van der Waals surface area (Å²) in [6.07, 6.45) is 1.27. The summed E-state index contributed by atoms with van der Waals surface area (Å²) in [5, 5.41) is 4.34. The molecular weight excluding hydrogens is 285 g/mol. The Balaban J connectivity index is 2.05. The molecule has 104 valence electrons. The topological polar surface area (TPSA) is 81.2 Å². The van der Waals surface area contributed by atoms with E-state index in [1.807, 2.05) is 0 Å². The lowest BCUT2D eigenvalue weighted by atomic mass is 10.2. The fourth-order valence-corrected chi connectivity index (χ4v) is 2.09. The van der Waals surface area contributed by atoms with Gasteiger partial charge in [-0.15, -0.1) is 11.3 Å². The van der Waals surface area contributed by atoms with E-state index in [0.717, 1.165) is 11.3 Å². The van der Waals surface area contributed by atoms with Crippen molar-refractivity contribution < 1.29 is 18.7 Å². The van der Waals surface area contributed by atoms with E-state index in [-0.39, 0.29) is 17.1 Å². The van der Waals surface area contributed by atoms with Crippen molar-refractivity contribution in [3.8, 4) is 0 Å². The lowest BCUT2D eigenvalue weighted by Crippen LogP contribution is -2.14. The van der Waals surface area contributed by atoms with Crippen molar-refractivity contribution in [1.82, 2.24) is 9.97 Å². The van der Waals surface area contributed by atoms with Crippen molar-refractivity contribution in [2.24, 2.45) is 0 Å². The van der Waals surface area contributed by atoms with Gasteiger partial charge in [0, 0.05) is 11.6 Å². The maximum Gasteiger partial charge on any atom is 0.311 e. The molecule has 0 radical (unpaired) electrons. The van der Waals surface area contributed by atoms with E-state index in [2.05, 4.69) is 20.0 Å². The zero-order valence-corrected chi connectivity index (χ0v) is 11.2. The highest BCUT2D eigenvalue weighted by Crippen LogP contribution is 2.17. The Labute approximate surface area is 117 Å². The number of nitrogens with one attached hydrogen (secondary N) is 1. The van der Waals surface area contributed by atoms with E-state index in [4.69, 9.17) is 0 Å². The van der Waals surface area contributed by atoms with E-state index in [0.29, 0.717) is 5.69 Å². The monoisotopic (exact) mass is 295 g/mol. The van der Waals surface area contributed by atoms with Gasteiger partial charge in [0.1, 0.15) is 0 Å². The number of halogens is 1. The number of hydrogen-bond acceptors (Lipinski definition) is 6. The van der Waals surface area contributed by atoms with Crippen molar-refractivity contribution in [1.29, 1.82) is 0 Å². The Hall–Kier alpha value is -2.35. The fraction of sp³-hybridized carbons (Fsp3) is 0.167. The number of nitrogens with zero attached hydrogens (tertiary/aromatic N) is 2. The maximum absolute atomic E-state index is 13.3. The fourth-order valence-electron chi connectivity index (χ4n) is 1.39. The number of methoxy groups -OCH3 is 1. The molecule has 0 aliphatic heterocycles. The first-order valence-corrected chi connectivity index (χ1v) is 6.41. The molecule has 0 unspecified atom stereocenters. The number of carbonyl (C=O) groups is 2. The highest BCUT2D eigenvalue weighted by molar-refractivity contribution is 7.14. The maximum atomic E-state index is 13.3. The Kier molecular flexibility index (Phi) is 4.36. The number of aromatic nitrogens is 2. The largest absolute Gasteiger partial charge is 0.469 e. The predicted octanol–water partition coefficient (Wildman–Crippen LogP) is 1.64. The van der Waals surface area contributed by atoms with Crippen LogP contribution in [0.5, 0.6) is 0 Å². The van der Waals surface area contributed by atoms with Crippen molar-refractivity contribution in [3.63, 3.8) is 0 Å². The number of ether oxygens (including phenoxy) is 1. The van der Waals surface area contributed by atoms with E-state index in [9.17, 15) is 14.0 Å². The zero-order chi connectivity index (χ0) is 14.5. The van der Waals surface area contributed by atoms with Gasteiger partial charge < -0.3 is 4.74 Å². The minimum atomic E-state index is -0.851. The average molecular weight is 295 g/mol. The third-order valence-corrected chi connectivity index (χ3v) is 3.14. The zero-order valence-electron chi connectivity index (χ0n) is 10.4. The molecule has 2 aromatic rings. The normalized spacial score (nSPS) is 10.1. The van der Waals surface area contributed by atoms with Crippen LogP contribution in [0, 0.1) is 5.95 Å². The molecule has 2 rings (SSSR count). The Morgan fingerprint density at radius 2 is 2.30 bits per heavy atom. The van der Waals surface area contributed by atoms with Crippen LogP contribution in [0.1, 0.15) is 16.1 Å². The van der Waals surface area contributed by atoms with Crippen LogP contribution in [0.2, 0.25) is 0 Å². The molecule has 0 atom stereocenters. The second-order valence-corrected chi connectivity index (χ2v) is 4.55. The number of pyridine rings is 1. The lowest BCUT2D eigenvalue weighted by molar-refractivity contribution is -0.139. The second kappa shape index (κ2) is 6.20. The minimum Gasteiger partial charge on any atom is -0.469 e. The van der Waals surface area contributed by atoms with Crippen LogP contribution in [0.25, 0.3) is 0 Å². The van der Waals surface area contributed by atoms with E-state index in [1.54, 1.807) is 5.38 Å². The average Bonchev–Trinajstić information content (AvgIpc) is 2.86. The number of hydrogen-bond donors (Lipinski definition) is 1. The van der Waals surface area contributed by atoms with Crippen LogP contribution in [-0.2, 0) is 16.0 Å². The molecule has 8 heteroatoms. The van der Waals surface area contributed by atoms with E-state index < -0.39 is 17.8 Å². The molecule has 1 amide bonds. The molecule has 0 aliphatic rings. The van der Waals surface area contributed by atoms with Crippen molar-refractivity contribution >= 4 is 28.3 Å². The molecule has 0 spiro atoms. The van der Waals surface area contributed by atoms with Gasteiger partial charge in [-0.3, -0.25) is 14.9 Å². The Morgan fingerprint density at radius 1 is 1.50 bits per heavy atom. The van der Waals surface area contributed by atoms with Gasteiger partial charge in [-0.25, -0.2) is 9.97 Å². The summed E-state index contributed by atoms with van der Waals surface area (Å²) in [5.41, 5.74) is 0.307. The summed E-state index contributed by atoms with van der Waals surface area (Å²) in [6.45, 7) is 0. The van der Waals surface area contributed by atoms with E-state index >= 15 is 0 Å². The molecule has 1 N–H and O–H groups in total. The quantitative estimate of drug-likeness (QED) is 0.685. The molecular formula is C12H10FN3O3S. The van der Waals surface area contributed by atoms with E-state index in [1.165, 1.54) is 25.4 Å². The van der Waals surface area contributed by atoms with Gasteiger partial charge in [-0.05, 0) is 12.1 Å². The second-order valence-electron chi connectivity index (χ2n) is 3.69. The van der Waals surface area contributed by atoms with Crippen molar-refractivity contribution in [3.05, 3.63) is 40.9 Å². The summed E-state index contributed by atoms with van der Waals surface area (Å²) >= 11 is 1.14. The molecule has 20 heavy (non-hydrogen) atoms. The van der Waals surface area contributed by atoms with Crippen LogP contribution in [0.4, 0.5) is 9.52 Å². The van der Waals surface area contributed by atoms with Crippen LogP contribution in [0.15, 0.2) is 23.7 Å². The molecule has 0 saturated carbocycles. The Bertz CT molecular complexity index is 644. The molecule has 0 saturated heterocycles. The highest BCUT2D eigenvalue weighted by atomic mass is 32.1. The van der Waals surface area contributed by atoms with Gasteiger partial charge in [0.2, 0.25) is 5.95 Å². The van der Waals surface area contributed by atoms with Crippen molar-refractivity contribution in [2.45, 2.75) is 6.42 Å². The number of thiazole rings is 1. The molecule has 0 bridgehead atoms. The molecule has 6 nitrogen and oxygen atoms in total. The van der Waals surface area contributed by atoms with Gasteiger partial charge in [0.25, 0.3) is 5.91 Å². The van der Waals surface area contributed by atoms with Gasteiger partial charge in [0.15, 0.2) is 5.13 Å². The summed E-state index contributed by atoms with van der Waals surface area (Å²) in [7, 11) is 1.28. The standard InChI is InChI=1S/C12H10FN3O3S/c1-19-9(17)5-7-6-20-12(15-7)16-11(18)8-3-2-4-14-10(8)13/h2-4,6H,5H2,1H3,(H,15,16,18). The number of rotatable bonds is 4. The number of amides is 1. The van der Waals surface area contributed by atoms with Crippen molar-refractivity contribution in [2.75, 3.05) is 12.4 Å². The summed E-state index contributed by atoms with van der Waals surface area (Å²) in [6, 6.07) is 2.78. The molecule has 0 aliphatic carbocycles. The predicted molar refractivity (Wildman–Crippen MR) is 70.0 cm³/mol. The molecule has 0 aromatic carbocycles. The number of anilines is 1. The first-order chi connectivity index (χ1) is 9.60. The first-order valence-electron chi connectivity index (χ1n) is 5.53. The minimum absolute atomic E-state index is 0.0180. The summed E-state index contributed by atoms with van der Waals surface area (Å²) < 4.78 is 17.8. The van der Waals surface area contributed by atoms with Gasteiger partial charge in [0.05, 0.1) is 24.8 Å². The molecule has 2 heterocycles. The van der Waals surface area contributed by atoms with Crippen LogP contribution >= 0.6 is 11.3 Å². The lowest BCUT2D eigenvalue weighted by Gasteiger charge is -2.01. The third-order valence-electron chi connectivity index (χ3n) is 2.33. The summed E-state index contributed by atoms with van der Waals surface area (Å²) in [4.78, 5) is 30.3. The molecule has 2 aromatic heterocycles. The van der Waals surface area contributed by atoms with Crippen LogP contribution < -0.4 is 5.32 Å². The smallest absolute Gasteiger partial charge is 0.311 e.